The molecule has 2 unspecified atom stereocenters. The van der Waals surface area contributed by atoms with E-state index < -0.39 is 23.5 Å². The molecule has 1 rings (SSSR count). The zero-order valence-corrected chi connectivity index (χ0v) is 10.8. The average Bonchev–Trinajstić information content (AvgIpc) is 2.61. The molecule has 0 radical (unpaired) electrons. The van der Waals surface area contributed by atoms with E-state index in [9.17, 15) is 9.59 Å². The summed E-state index contributed by atoms with van der Waals surface area (Å²) in [6.07, 6.45) is 0. The Kier molecular flexibility index (Phi) is 3.24. The maximum atomic E-state index is 11.3. The fourth-order valence-corrected chi connectivity index (χ4v) is 1.81. The van der Waals surface area contributed by atoms with Crippen LogP contribution in [0.25, 0.3) is 0 Å². The summed E-state index contributed by atoms with van der Waals surface area (Å²) in [7, 11) is 0. The van der Waals surface area contributed by atoms with Crippen LogP contribution in [0.4, 0.5) is 0 Å². The van der Waals surface area contributed by atoms with Gasteiger partial charge >= 0.3 is 11.9 Å². The predicted octanol–water partition coefficient (Wildman–Crippen LogP) is 1.69. The van der Waals surface area contributed by atoms with Crippen molar-refractivity contribution >= 4 is 11.9 Å². The molecule has 2 atom stereocenters. The van der Waals surface area contributed by atoms with Crippen LogP contribution in [-0.4, -0.2) is 22.6 Å². The SMILES string of the molecule is CC(C)(C)OC(=O)C#CC1C(C(=O)O)C1(C)C. The maximum Gasteiger partial charge on any atom is 0.384 e. The third-order valence-corrected chi connectivity index (χ3v) is 2.82. The lowest BCUT2D eigenvalue weighted by Crippen LogP contribution is -2.22. The maximum absolute atomic E-state index is 11.3. The molecular formula is C13H18O4. The highest BCUT2D eigenvalue weighted by Crippen LogP contribution is 2.57. The third-order valence-electron chi connectivity index (χ3n) is 2.82. The van der Waals surface area contributed by atoms with Gasteiger partial charge < -0.3 is 9.84 Å². The van der Waals surface area contributed by atoms with Crippen molar-refractivity contribution in [2.45, 2.75) is 40.2 Å². The summed E-state index contributed by atoms with van der Waals surface area (Å²) in [5, 5.41) is 8.93. The van der Waals surface area contributed by atoms with E-state index in [1.54, 1.807) is 20.8 Å². The van der Waals surface area contributed by atoms with Gasteiger partial charge in [-0.05, 0) is 26.2 Å². The number of carbonyl (C=O) groups excluding carboxylic acids is 1. The summed E-state index contributed by atoms with van der Waals surface area (Å²) in [5.41, 5.74) is -0.933. The number of carbonyl (C=O) groups is 2. The highest BCUT2D eigenvalue weighted by atomic mass is 16.6. The first kappa shape index (κ1) is 13.6. The number of rotatable bonds is 1. The minimum Gasteiger partial charge on any atom is -0.481 e. The van der Waals surface area contributed by atoms with Gasteiger partial charge in [-0.2, -0.15) is 0 Å². The molecule has 0 saturated heterocycles. The van der Waals surface area contributed by atoms with Crippen molar-refractivity contribution in [2.75, 3.05) is 0 Å². The van der Waals surface area contributed by atoms with Gasteiger partial charge in [0.1, 0.15) is 5.60 Å². The summed E-state index contributed by atoms with van der Waals surface area (Å²) in [4.78, 5) is 22.2. The molecule has 17 heavy (non-hydrogen) atoms. The van der Waals surface area contributed by atoms with Gasteiger partial charge in [-0.1, -0.05) is 19.8 Å². The molecule has 1 N–H and O–H groups in total. The molecule has 0 aromatic rings. The predicted molar refractivity (Wildman–Crippen MR) is 62.0 cm³/mol. The Bertz CT molecular complexity index is 403. The van der Waals surface area contributed by atoms with E-state index in [-0.39, 0.29) is 11.3 Å². The molecule has 0 spiro atoms. The van der Waals surface area contributed by atoms with E-state index in [4.69, 9.17) is 9.84 Å². The van der Waals surface area contributed by atoms with Gasteiger partial charge in [-0.3, -0.25) is 4.79 Å². The topological polar surface area (TPSA) is 63.6 Å². The summed E-state index contributed by atoms with van der Waals surface area (Å²) in [6.45, 7) is 8.94. The Balaban J connectivity index is 2.64. The van der Waals surface area contributed by atoms with Gasteiger partial charge in [0.25, 0.3) is 0 Å². The zero-order valence-electron chi connectivity index (χ0n) is 10.8. The summed E-state index contributed by atoms with van der Waals surface area (Å²) >= 11 is 0. The van der Waals surface area contributed by atoms with Crippen molar-refractivity contribution in [2.24, 2.45) is 17.3 Å². The van der Waals surface area contributed by atoms with E-state index in [1.165, 1.54) is 0 Å². The lowest BCUT2D eigenvalue weighted by molar-refractivity contribution is -0.147. The van der Waals surface area contributed by atoms with Crippen LogP contribution in [0.3, 0.4) is 0 Å². The van der Waals surface area contributed by atoms with E-state index in [0.717, 1.165) is 0 Å². The number of carboxylic acids is 1. The van der Waals surface area contributed by atoms with Gasteiger partial charge in [0.05, 0.1) is 5.92 Å². The Labute approximate surface area is 101 Å². The Morgan fingerprint density at radius 3 is 2.18 bits per heavy atom. The Hall–Kier alpha value is -1.50. The zero-order chi connectivity index (χ0) is 13.4. The molecule has 0 amide bonds. The highest BCUT2D eigenvalue weighted by molar-refractivity contribution is 5.89. The average molecular weight is 238 g/mol. The lowest BCUT2D eigenvalue weighted by atomic mass is 10.1. The highest BCUT2D eigenvalue weighted by Gasteiger charge is 2.61. The van der Waals surface area contributed by atoms with Crippen molar-refractivity contribution in [3.05, 3.63) is 0 Å². The second-order valence-corrected chi connectivity index (χ2v) is 5.89. The number of esters is 1. The van der Waals surface area contributed by atoms with E-state index in [2.05, 4.69) is 11.8 Å². The molecular weight excluding hydrogens is 220 g/mol. The Morgan fingerprint density at radius 1 is 1.29 bits per heavy atom. The second-order valence-electron chi connectivity index (χ2n) is 5.89. The van der Waals surface area contributed by atoms with Crippen LogP contribution in [0, 0.1) is 29.1 Å². The largest absolute Gasteiger partial charge is 0.481 e. The first-order valence-corrected chi connectivity index (χ1v) is 5.53. The summed E-state index contributed by atoms with van der Waals surface area (Å²) in [5.74, 6) is 2.83. The molecule has 0 heterocycles. The standard InChI is InChI=1S/C13H18O4/c1-12(2,3)17-9(14)7-6-8-10(11(15)16)13(8,4)5/h8,10H,1-5H3,(H,15,16). The quantitative estimate of drug-likeness (QED) is 0.429. The van der Waals surface area contributed by atoms with Gasteiger partial charge in [-0.25, -0.2) is 4.79 Å². The molecule has 94 valence electrons. The number of ether oxygens (including phenoxy) is 1. The second kappa shape index (κ2) is 4.06. The van der Waals surface area contributed by atoms with Crippen LogP contribution in [0.1, 0.15) is 34.6 Å². The minimum absolute atomic E-state index is 0.271. The number of hydrogen-bond acceptors (Lipinski definition) is 3. The van der Waals surface area contributed by atoms with Gasteiger partial charge in [-0.15, -0.1) is 0 Å². The molecule has 4 nitrogen and oxygen atoms in total. The monoisotopic (exact) mass is 238 g/mol. The van der Waals surface area contributed by atoms with Crippen LogP contribution in [0.5, 0.6) is 0 Å². The lowest BCUT2D eigenvalue weighted by Gasteiger charge is -2.16. The molecule has 0 aliphatic heterocycles. The first-order valence-electron chi connectivity index (χ1n) is 5.53. The van der Waals surface area contributed by atoms with Crippen molar-refractivity contribution < 1.29 is 19.4 Å². The summed E-state index contributed by atoms with van der Waals surface area (Å²) < 4.78 is 5.02. The molecule has 0 bridgehead atoms. The van der Waals surface area contributed by atoms with E-state index in [1.807, 2.05) is 13.8 Å². The van der Waals surface area contributed by atoms with E-state index >= 15 is 0 Å². The van der Waals surface area contributed by atoms with Crippen LogP contribution < -0.4 is 0 Å². The third kappa shape index (κ3) is 3.23. The normalized spacial score (nSPS) is 25.5. The van der Waals surface area contributed by atoms with Crippen LogP contribution in [0.15, 0.2) is 0 Å². The van der Waals surface area contributed by atoms with Gasteiger partial charge in [0.2, 0.25) is 0 Å². The first-order chi connectivity index (χ1) is 7.55. The molecule has 0 aromatic heterocycles. The Morgan fingerprint density at radius 2 is 1.82 bits per heavy atom. The molecule has 1 aliphatic carbocycles. The summed E-state index contributed by atoms with van der Waals surface area (Å²) in [6, 6.07) is 0. The van der Waals surface area contributed by atoms with Crippen molar-refractivity contribution in [1.82, 2.24) is 0 Å². The molecule has 0 aromatic carbocycles. The van der Waals surface area contributed by atoms with Crippen molar-refractivity contribution in [3.63, 3.8) is 0 Å². The van der Waals surface area contributed by atoms with Gasteiger partial charge in [0, 0.05) is 11.8 Å². The van der Waals surface area contributed by atoms with Crippen molar-refractivity contribution in [3.8, 4) is 11.8 Å². The number of aliphatic carboxylic acids is 1. The molecule has 4 heteroatoms. The molecule has 1 aliphatic rings. The van der Waals surface area contributed by atoms with Crippen LogP contribution in [0.2, 0.25) is 0 Å². The van der Waals surface area contributed by atoms with Gasteiger partial charge in [0.15, 0.2) is 0 Å². The smallest absolute Gasteiger partial charge is 0.384 e. The fraction of sp³-hybridized carbons (Fsp3) is 0.692. The van der Waals surface area contributed by atoms with Crippen LogP contribution in [-0.2, 0) is 14.3 Å². The molecule has 1 fully saturated rings. The minimum atomic E-state index is -0.863. The van der Waals surface area contributed by atoms with E-state index in [0.29, 0.717) is 0 Å². The number of carboxylic acid groups (broad SMARTS) is 1. The fourth-order valence-electron chi connectivity index (χ4n) is 1.81. The number of hydrogen-bond donors (Lipinski definition) is 1. The van der Waals surface area contributed by atoms with Crippen molar-refractivity contribution in [1.29, 1.82) is 0 Å². The molecule has 1 saturated carbocycles. The van der Waals surface area contributed by atoms with Crippen LogP contribution >= 0.6 is 0 Å².